The lowest BCUT2D eigenvalue weighted by Gasteiger charge is -2.22. The first-order valence-corrected chi connectivity index (χ1v) is 7.27. The van der Waals surface area contributed by atoms with E-state index >= 15 is 0 Å². The maximum Gasteiger partial charge on any atom is 0.224 e. The number of carbonyl (C=O) groups excluding carboxylic acids is 1. The van der Waals surface area contributed by atoms with Gasteiger partial charge in [-0.3, -0.25) is 4.79 Å². The highest BCUT2D eigenvalue weighted by molar-refractivity contribution is 6.44. The van der Waals surface area contributed by atoms with Crippen LogP contribution in [0.4, 0.5) is 0 Å². The summed E-state index contributed by atoms with van der Waals surface area (Å²) >= 11 is 11.8. The monoisotopic (exact) mass is 297 g/mol. The molecular weight excluding hydrogens is 281 g/mol. The van der Waals surface area contributed by atoms with E-state index in [-0.39, 0.29) is 23.8 Å². The average Bonchev–Trinajstić information content (AvgIpc) is 2.89. The molecule has 4 heteroatoms. The topological polar surface area (TPSA) is 29.1 Å². The zero-order chi connectivity index (χ0) is 13.8. The van der Waals surface area contributed by atoms with E-state index in [2.05, 4.69) is 5.32 Å². The molecule has 1 amide bonds. The standard InChI is InChI=1S/C15H17Cl2NO/c1-10(11-6-3-2-4-7-11)18-15(19)13-9-5-8-12(13)14(16)17/h2-8,10,12-14H,9H2,1H3,(H,18,19)/t10-,12+,13-/m0/s1. The highest BCUT2D eigenvalue weighted by atomic mass is 35.5. The molecule has 1 N–H and O–H groups in total. The molecule has 0 radical (unpaired) electrons. The zero-order valence-electron chi connectivity index (χ0n) is 10.7. The lowest BCUT2D eigenvalue weighted by atomic mass is 9.95. The van der Waals surface area contributed by atoms with Gasteiger partial charge in [0, 0.05) is 5.92 Å². The van der Waals surface area contributed by atoms with Gasteiger partial charge in [-0.05, 0) is 18.9 Å². The molecule has 102 valence electrons. The number of benzene rings is 1. The van der Waals surface area contributed by atoms with Crippen molar-refractivity contribution in [3.05, 3.63) is 48.0 Å². The van der Waals surface area contributed by atoms with Crippen LogP contribution in [0.3, 0.4) is 0 Å². The Balaban J connectivity index is 1.98. The highest BCUT2D eigenvalue weighted by Crippen LogP contribution is 2.33. The van der Waals surface area contributed by atoms with Crippen molar-refractivity contribution in [2.24, 2.45) is 11.8 Å². The second-order valence-corrected chi connectivity index (χ2v) is 5.99. The summed E-state index contributed by atoms with van der Waals surface area (Å²) in [5, 5.41) is 3.03. The molecule has 0 saturated heterocycles. The number of nitrogens with one attached hydrogen (secondary N) is 1. The third-order valence-electron chi connectivity index (χ3n) is 3.50. The molecule has 1 aromatic rings. The molecule has 0 bridgehead atoms. The first-order chi connectivity index (χ1) is 9.09. The SMILES string of the molecule is C[C@H](NC(=O)[C@H]1CC=C[C@H]1C(Cl)Cl)c1ccccc1. The normalized spacial score (nSPS) is 23.6. The van der Waals surface area contributed by atoms with Crippen molar-refractivity contribution in [3.8, 4) is 0 Å². The number of hydrogen-bond donors (Lipinski definition) is 1. The molecular formula is C15H17Cl2NO. The minimum atomic E-state index is -0.540. The lowest BCUT2D eigenvalue weighted by molar-refractivity contribution is -0.126. The first-order valence-electron chi connectivity index (χ1n) is 6.39. The number of alkyl halides is 2. The van der Waals surface area contributed by atoms with E-state index in [0.29, 0.717) is 6.42 Å². The quantitative estimate of drug-likeness (QED) is 0.663. The fraction of sp³-hybridized carbons (Fsp3) is 0.400. The molecule has 0 saturated carbocycles. The fourth-order valence-corrected chi connectivity index (χ4v) is 2.88. The van der Waals surface area contributed by atoms with Crippen LogP contribution in [-0.2, 0) is 4.79 Å². The fourth-order valence-electron chi connectivity index (χ4n) is 2.36. The van der Waals surface area contributed by atoms with Crippen molar-refractivity contribution < 1.29 is 4.79 Å². The van der Waals surface area contributed by atoms with Gasteiger partial charge in [0.1, 0.15) is 4.84 Å². The zero-order valence-corrected chi connectivity index (χ0v) is 12.2. The molecule has 2 nitrogen and oxygen atoms in total. The molecule has 1 aliphatic carbocycles. The third-order valence-corrected chi connectivity index (χ3v) is 4.08. The highest BCUT2D eigenvalue weighted by Gasteiger charge is 2.33. The van der Waals surface area contributed by atoms with Crippen molar-refractivity contribution in [1.82, 2.24) is 5.32 Å². The molecule has 2 rings (SSSR count). The Kier molecular flexibility index (Phi) is 4.89. The summed E-state index contributed by atoms with van der Waals surface area (Å²) in [6.45, 7) is 1.98. The van der Waals surface area contributed by atoms with E-state index in [0.717, 1.165) is 5.56 Å². The molecule has 0 aliphatic heterocycles. The average molecular weight is 298 g/mol. The van der Waals surface area contributed by atoms with Crippen LogP contribution in [0.5, 0.6) is 0 Å². The van der Waals surface area contributed by atoms with Gasteiger partial charge in [0.25, 0.3) is 0 Å². The molecule has 0 aromatic heterocycles. The van der Waals surface area contributed by atoms with Crippen molar-refractivity contribution >= 4 is 29.1 Å². The number of rotatable bonds is 4. The van der Waals surface area contributed by atoms with E-state index in [9.17, 15) is 4.79 Å². The Labute approximate surface area is 123 Å². The first kappa shape index (κ1) is 14.4. The van der Waals surface area contributed by atoms with Crippen LogP contribution in [0.25, 0.3) is 0 Å². The molecule has 0 unspecified atom stereocenters. The van der Waals surface area contributed by atoms with Crippen LogP contribution in [0.15, 0.2) is 42.5 Å². The maximum atomic E-state index is 12.3. The lowest BCUT2D eigenvalue weighted by Crippen LogP contribution is -2.36. The van der Waals surface area contributed by atoms with Crippen molar-refractivity contribution in [2.75, 3.05) is 0 Å². The molecule has 3 atom stereocenters. The number of allylic oxidation sites excluding steroid dienone is 2. The van der Waals surface area contributed by atoms with E-state index in [1.165, 1.54) is 0 Å². The summed E-state index contributed by atoms with van der Waals surface area (Å²) in [5.41, 5.74) is 1.09. The molecule has 19 heavy (non-hydrogen) atoms. The molecule has 0 heterocycles. The van der Waals surface area contributed by atoms with Crippen LogP contribution in [0, 0.1) is 11.8 Å². The van der Waals surface area contributed by atoms with Crippen LogP contribution in [0.1, 0.15) is 24.9 Å². The minimum absolute atomic E-state index is 0.0117. The van der Waals surface area contributed by atoms with E-state index < -0.39 is 4.84 Å². The molecule has 1 aromatic carbocycles. The van der Waals surface area contributed by atoms with Gasteiger partial charge in [-0.25, -0.2) is 0 Å². The number of carbonyl (C=O) groups is 1. The Morgan fingerprint density at radius 2 is 2.00 bits per heavy atom. The largest absolute Gasteiger partial charge is 0.349 e. The van der Waals surface area contributed by atoms with E-state index in [1.54, 1.807) is 0 Å². The molecule has 0 fully saturated rings. The van der Waals surface area contributed by atoms with Crippen LogP contribution in [0.2, 0.25) is 0 Å². The molecule has 1 aliphatic rings. The van der Waals surface area contributed by atoms with Crippen molar-refractivity contribution in [2.45, 2.75) is 24.2 Å². The summed E-state index contributed by atoms with van der Waals surface area (Å²) in [4.78, 5) is 11.7. The minimum Gasteiger partial charge on any atom is -0.349 e. The summed E-state index contributed by atoms with van der Waals surface area (Å²) in [6.07, 6.45) is 4.61. The van der Waals surface area contributed by atoms with Crippen LogP contribution in [-0.4, -0.2) is 10.7 Å². The second kappa shape index (κ2) is 6.44. The number of amides is 1. The predicted molar refractivity (Wildman–Crippen MR) is 79.2 cm³/mol. The smallest absolute Gasteiger partial charge is 0.224 e. The second-order valence-electron chi connectivity index (χ2n) is 4.82. The van der Waals surface area contributed by atoms with Crippen molar-refractivity contribution in [1.29, 1.82) is 0 Å². The van der Waals surface area contributed by atoms with E-state index in [1.807, 2.05) is 49.4 Å². The van der Waals surface area contributed by atoms with Gasteiger partial charge in [0.15, 0.2) is 0 Å². The van der Waals surface area contributed by atoms with Crippen molar-refractivity contribution in [3.63, 3.8) is 0 Å². The van der Waals surface area contributed by atoms with Gasteiger partial charge in [0.05, 0.1) is 12.0 Å². The maximum absolute atomic E-state index is 12.3. The Morgan fingerprint density at radius 1 is 1.32 bits per heavy atom. The van der Waals surface area contributed by atoms with Gasteiger partial charge >= 0.3 is 0 Å². The van der Waals surface area contributed by atoms with Crippen LogP contribution < -0.4 is 5.32 Å². The Hall–Kier alpha value is -0.990. The number of halogens is 2. The summed E-state index contributed by atoms with van der Waals surface area (Å²) < 4.78 is 0. The van der Waals surface area contributed by atoms with Crippen LogP contribution >= 0.6 is 23.2 Å². The summed E-state index contributed by atoms with van der Waals surface area (Å²) in [6, 6.07) is 9.87. The summed E-state index contributed by atoms with van der Waals surface area (Å²) in [7, 11) is 0. The third kappa shape index (κ3) is 3.52. The Bertz CT molecular complexity index is 458. The summed E-state index contributed by atoms with van der Waals surface area (Å²) in [5.74, 6) is -0.241. The van der Waals surface area contributed by atoms with Gasteiger partial charge in [-0.15, -0.1) is 23.2 Å². The Morgan fingerprint density at radius 3 is 2.63 bits per heavy atom. The molecule has 0 spiro atoms. The van der Waals surface area contributed by atoms with Gasteiger partial charge < -0.3 is 5.32 Å². The van der Waals surface area contributed by atoms with Gasteiger partial charge in [0.2, 0.25) is 5.91 Å². The number of hydrogen-bond acceptors (Lipinski definition) is 1. The van der Waals surface area contributed by atoms with E-state index in [4.69, 9.17) is 23.2 Å². The predicted octanol–water partition coefficient (Wildman–Crippen LogP) is 3.86. The van der Waals surface area contributed by atoms with Gasteiger partial charge in [-0.1, -0.05) is 42.5 Å². The van der Waals surface area contributed by atoms with Gasteiger partial charge in [-0.2, -0.15) is 0 Å².